The SMILES string of the molecule is NCCCC[C@@H]1NC(=O)[C@@H](Cc2ccc(OCCN3CCOCC3)cc2)NC(=O)[C@H](Cc2ccc(O)cc2)NC(=O)[C@H](NC(=O)[C@@H](N)Cc2ccc(Cl)cc2)CSSC2[C@@H](C(=O)N[C@H](Cc3ccc(O)cc3)C(N)=O)NC(=O)[C@@H](NC1=O)[C@@H]2O. The number of fused-ring (bicyclic) bond motifs is 2. The van der Waals surface area contributed by atoms with Gasteiger partial charge in [-0.15, -0.1) is 0 Å². The van der Waals surface area contributed by atoms with Gasteiger partial charge in [0, 0.05) is 49.7 Å². The van der Waals surface area contributed by atoms with Crippen LogP contribution in [0.15, 0.2) is 97.1 Å². The number of aliphatic hydroxyl groups excluding tert-OH is 1. The number of morpholine rings is 1. The molecule has 84 heavy (non-hydrogen) atoms. The van der Waals surface area contributed by atoms with Gasteiger partial charge in [-0.25, -0.2) is 0 Å². The van der Waals surface area contributed by atoms with Gasteiger partial charge in [-0.1, -0.05) is 81.7 Å². The number of unbranched alkanes of at least 4 members (excludes halogenated alkanes) is 1. The Morgan fingerprint density at radius 3 is 1.87 bits per heavy atom. The first kappa shape index (κ1) is 64.4. The first-order valence-corrected chi connectivity index (χ1v) is 30.3. The summed E-state index contributed by atoms with van der Waals surface area (Å²) in [6.07, 6.45) is -1.61. The number of aliphatic hydroxyl groups is 1. The molecule has 4 aromatic rings. The van der Waals surface area contributed by atoms with Crippen molar-refractivity contribution in [2.45, 2.75) is 105 Å². The van der Waals surface area contributed by atoms with Crippen LogP contribution >= 0.6 is 33.2 Å². The number of nitrogens with one attached hydrogen (secondary N) is 7. The molecule has 1 unspecified atom stereocenters. The Morgan fingerprint density at radius 2 is 1.26 bits per heavy atom. The normalized spacial score (nSPS) is 23.6. The molecule has 0 spiro atoms. The molecule has 10 atom stereocenters. The van der Waals surface area contributed by atoms with E-state index in [2.05, 4.69) is 42.1 Å². The number of phenolic OH excluding ortho intramolecular Hbond substituents is 2. The third-order valence-electron chi connectivity index (χ3n) is 14.3. The maximum absolute atomic E-state index is 14.9. The van der Waals surface area contributed by atoms with Crippen molar-refractivity contribution in [2.24, 2.45) is 17.2 Å². The summed E-state index contributed by atoms with van der Waals surface area (Å²) in [5, 5.41) is 50.0. The van der Waals surface area contributed by atoms with E-state index >= 15 is 0 Å². The van der Waals surface area contributed by atoms with Crippen molar-refractivity contribution >= 4 is 80.4 Å². The van der Waals surface area contributed by atoms with E-state index in [1.165, 1.54) is 48.5 Å². The molecule has 3 aliphatic rings. The summed E-state index contributed by atoms with van der Waals surface area (Å²) in [4.78, 5) is 117. The van der Waals surface area contributed by atoms with Crippen LogP contribution < -0.4 is 59.2 Å². The number of nitrogens with two attached hydrogens (primary N) is 3. The molecule has 0 aromatic heterocycles. The van der Waals surface area contributed by atoms with Gasteiger partial charge in [0.05, 0.1) is 30.6 Å². The van der Waals surface area contributed by atoms with E-state index in [0.717, 1.165) is 34.7 Å². The van der Waals surface area contributed by atoms with E-state index in [4.69, 9.17) is 38.3 Å². The third-order valence-corrected chi connectivity index (χ3v) is 17.4. The van der Waals surface area contributed by atoms with E-state index in [9.17, 15) is 53.7 Å². The Morgan fingerprint density at radius 1 is 0.714 bits per heavy atom. The molecule has 27 heteroatoms. The number of hydrogen-bond donors (Lipinski definition) is 13. The van der Waals surface area contributed by atoms with Crippen LogP contribution in [0.5, 0.6) is 17.2 Å². The quantitative estimate of drug-likeness (QED) is 0.0359. The first-order valence-electron chi connectivity index (χ1n) is 27.5. The fourth-order valence-corrected chi connectivity index (χ4v) is 12.6. The molecule has 16 N–H and O–H groups in total. The second kappa shape index (κ2) is 31.6. The molecule has 0 saturated carbocycles. The summed E-state index contributed by atoms with van der Waals surface area (Å²) in [5.74, 6) is -7.09. The highest BCUT2D eigenvalue weighted by Gasteiger charge is 2.49. The van der Waals surface area contributed by atoms with Gasteiger partial charge in [-0.05, 0) is 103 Å². The minimum atomic E-state index is -1.87. The monoisotopic (exact) mass is 1220 g/mol. The van der Waals surface area contributed by atoms with E-state index in [1.54, 1.807) is 48.5 Å². The number of ether oxygens (including phenoxy) is 2. The predicted octanol–water partition coefficient (Wildman–Crippen LogP) is -0.794. The lowest BCUT2D eigenvalue weighted by molar-refractivity contribution is -0.140. The summed E-state index contributed by atoms with van der Waals surface area (Å²) in [6.45, 7) is 4.16. The zero-order valence-electron chi connectivity index (χ0n) is 45.9. The van der Waals surface area contributed by atoms with Crippen LogP contribution in [0.25, 0.3) is 0 Å². The van der Waals surface area contributed by atoms with Crippen LogP contribution in [0.2, 0.25) is 5.02 Å². The van der Waals surface area contributed by atoms with Crippen molar-refractivity contribution in [1.29, 1.82) is 0 Å². The number of halogens is 1. The van der Waals surface area contributed by atoms with Gasteiger partial charge in [-0.3, -0.25) is 43.3 Å². The number of carbonyl (C=O) groups excluding carboxylic acids is 8. The highest BCUT2D eigenvalue weighted by atomic mass is 35.5. The summed E-state index contributed by atoms with van der Waals surface area (Å²) < 4.78 is 11.5. The lowest BCUT2D eigenvalue weighted by atomic mass is 9.94. The van der Waals surface area contributed by atoms with Gasteiger partial charge in [0.2, 0.25) is 47.3 Å². The molecule has 3 fully saturated rings. The topological polar surface area (TPSA) is 381 Å². The van der Waals surface area contributed by atoms with Crippen molar-refractivity contribution in [2.75, 3.05) is 51.8 Å². The molecule has 8 amide bonds. The average Bonchev–Trinajstić information content (AvgIpc) is 3.65. The van der Waals surface area contributed by atoms with Gasteiger partial charge >= 0.3 is 0 Å². The molecule has 2 bridgehead atoms. The molecule has 452 valence electrons. The number of rotatable bonds is 21. The van der Waals surface area contributed by atoms with E-state index < -0.39 is 107 Å². The number of carbonyl (C=O) groups is 8. The Labute approximate surface area is 498 Å². The number of piperidine rings is 1. The first-order chi connectivity index (χ1) is 40.3. The lowest BCUT2D eigenvalue weighted by Gasteiger charge is -2.40. The number of phenols is 2. The van der Waals surface area contributed by atoms with Crippen LogP contribution in [-0.4, -0.2) is 179 Å². The van der Waals surface area contributed by atoms with E-state index in [0.29, 0.717) is 72.2 Å². The highest BCUT2D eigenvalue weighted by Crippen LogP contribution is 2.35. The van der Waals surface area contributed by atoms with Gasteiger partial charge in [-0.2, -0.15) is 0 Å². The number of aromatic hydroxyl groups is 2. The molecule has 7 rings (SSSR count). The highest BCUT2D eigenvalue weighted by molar-refractivity contribution is 8.77. The van der Waals surface area contributed by atoms with Crippen LogP contribution in [0, 0.1) is 0 Å². The van der Waals surface area contributed by atoms with Crippen LogP contribution in [0.3, 0.4) is 0 Å². The molecule has 3 heterocycles. The van der Waals surface area contributed by atoms with Crippen molar-refractivity contribution in [3.05, 3.63) is 124 Å². The molecular weight excluding hydrogens is 1150 g/mol. The van der Waals surface area contributed by atoms with Gasteiger partial charge in [0.25, 0.3) is 0 Å². The molecule has 0 aliphatic carbocycles. The van der Waals surface area contributed by atoms with E-state index in [1.807, 2.05) is 0 Å². The lowest BCUT2D eigenvalue weighted by Crippen LogP contribution is -2.71. The molecule has 3 saturated heterocycles. The van der Waals surface area contributed by atoms with Crippen molar-refractivity contribution in [3.63, 3.8) is 0 Å². The third kappa shape index (κ3) is 19.2. The standard InChI is InChI=1S/C57H72ClN11O13S2/c58-36-12-4-32(5-13-36)27-40(60)51(74)66-45-31-83-84-49-47(57(80)63-42(50(61)73)28-33-6-14-37(70)15-7-33)68-56(79)46(48(49)72)67-52(75)41(3-1-2-20-59)62-53(76)43(64-54(77)44(65-55(45)78)29-34-8-16-38(71)17-9-34)30-35-10-18-39(19-11-35)82-26-23-69-21-24-81-25-22-69/h4-19,40-49,70-72H,1-3,20-31,59-60H2,(H2,61,73)(H,62,76)(H,63,80)(H,64,77)(H,65,78)(H,66,74)(H,67,75)(H,68,79)/t40-,41-,42+,43+,44-,45+,46-,47-,48-,49?/m0/s1. The average molecular weight is 1220 g/mol. The predicted molar refractivity (Wildman–Crippen MR) is 315 cm³/mol. The Balaban J connectivity index is 1.23. The summed E-state index contributed by atoms with van der Waals surface area (Å²) in [5.41, 5.74) is 20.2. The van der Waals surface area contributed by atoms with Crippen molar-refractivity contribution < 1.29 is 63.1 Å². The van der Waals surface area contributed by atoms with Crippen molar-refractivity contribution in [3.8, 4) is 17.2 Å². The second-order valence-corrected chi connectivity index (χ2v) is 23.7. The zero-order valence-corrected chi connectivity index (χ0v) is 48.3. The molecule has 24 nitrogen and oxygen atoms in total. The van der Waals surface area contributed by atoms with Crippen LogP contribution in [-0.2, 0) is 68.8 Å². The molecule has 3 aliphatic heterocycles. The summed E-state index contributed by atoms with van der Waals surface area (Å²) in [7, 11) is 1.69. The number of primary amides is 1. The van der Waals surface area contributed by atoms with Gasteiger partial charge < -0.3 is 79.2 Å². The summed E-state index contributed by atoms with van der Waals surface area (Å²) in [6, 6.07) is 13.4. The molecule has 0 radical (unpaired) electrons. The minimum Gasteiger partial charge on any atom is -0.508 e. The molecular formula is C57H72ClN11O13S2. The van der Waals surface area contributed by atoms with Crippen LogP contribution in [0.1, 0.15) is 41.5 Å². The van der Waals surface area contributed by atoms with Gasteiger partial charge in [0.15, 0.2) is 0 Å². The van der Waals surface area contributed by atoms with Gasteiger partial charge in [0.1, 0.15) is 66.1 Å². The zero-order chi connectivity index (χ0) is 60.3. The number of nitrogens with zero attached hydrogens (tertiary/aromatic N) is 1. The Bertz CT molecular complexity index is 2890. The minimum absolute atomic E-state index is 0.0129. The smallest absolute Gasteiger partial charge is 0.246 e. The number of amides is 8. The second-order valence-electron chi connectivity index (χ2n) is 20.6. The maximum atomic E-state index is 14.9. The summed E-state index contributed by atoms with van der Waals surface area (Å²) >= 11 is 6.10. The largest absolute Gasteiger partial charge is 0.508 e. The Hall–Kier alpha value is -7.17. The maximum Gasteiger partial charge on any atom is 0.246 e. The Kier molecular flexibility index (Phi) is 24.3. The number of hydrogen-bond acceptors (Lipinski definition) is 18. The fourth-order valence-electron chi connectivity index (χ4n) is 9.51. The number of benzene rings is 4. The molecule has 4 aromatic carbocycles. The fraction of sp³-hybridized carbons (Fsp3) is 0.439. The van der Waals surface area contributed by atoms with Crippen LogP contribution in [0.4, 0.5) is 0 Å². The van der Waals surface area contributed by atoms with Crippen molar-refractivity contribution in [1.82, 2.24) is 42.1 Å². The van der Waals surface area contributed by atoms with E-state index in [-0.39, 0.29) is 55.9 Å².